The molecule has 1 aromatic heterocycles. The molecule has 5 heteroatoms. The van der Waals surface area contributed by atoms with E-state index >= 15 is 0 Å². The van der Waals surface area contributed by atoms with E-state index in [2.05, 4.69) is 16.6 Å². The van der Waals surface area contributed by atoms with Crippen LogP contribution < -0.4 is 11.3 Å². The highest BCUT2D eigenvalue weighted by atomic mass is 16.5. The Bertz CT molecular complexity index is 413. The van der Waals surface area contributed by atoms with E-state index in [1.165, 1.54) is 31.3 Å². The van der Waals surface area contributed by atoms with E-state index in [4.69, 9.17) is 10.6 Å². The molecule has 1 aliphatic rings. The number of hydrogen-bond acceptors (Lipinski definition) is 4. The van der Waals surface area contributed by atoms with Crippen LogP contribution in [0.15, 0.2) is 23.9 Å². The molecule has 0 saturated carbocycles. The van der Waals surface area contributed by atoms with Crippen molar-refractivity contribution in [1.82, 2.24) is 15.2 Å². The second kappa shape index (κ2) is 7.43. The van der Waals surface area contributed by atoms with Crippen molar-refractivity contribution in [3.63, 3.8) is 0 Å². The number of nitrogens with two attached hydrogens (primary N) is 1. The minimum Gasteiger partial charge on any atom is -0.383 e. The molecule has 0 aromatic carbocycles. The molecule has 1 heterocycles. The third-order valence-electron chi connectivity index (χ3n) is 3.67. The molecule has 0 amide bonds. The topological polar surface area (TPSA) is 65.1 Å². The summed E-state index contributed by atoms with van der Waals surface area (Å²) in [7, 11) is 1.70. The number of nitrogens with one attached hydrogen (secondary N) is 1. The fraction of sp³-hybridized carbons (Fsp3) is 0.643. The SMILES string of the molecule is COCCn1nccc1C(CC1=CCCCC1)NN. The molecular weight excluding hydrogens is 240 g/mol. The van der Waals surface area contributed by atoms with Gasteiger partial charge in [-0.15, -0.1) is 0 Å². The summed E-state index contributed by atoms with van der Waals surface area (Å²) in [4.78, 5) is 0. The van der Waals surface area contributed by atoms with Crippen molar-refractivity contribution in [2.45, 2.75) is 44.7 Å². The van der Waals surface area contributed by atoms with Crippen LogP contribution in [0.5, 0.6) is 0 Å². The van der Waals surface area contributed by atoms with E-state index in [-0.39, 0.29) is 6.04 Å². The van der Waals surface area contributed by atoms with Gasteiger partial charge < -0.3 is 4.74 Å². The summed E-state index contributed by atoms with van der Waals surface area (Å²) in [5.74, 6) is 5.73. The van der Waals surface area contributed by atoms with Crippen LogP contribution in [0.1, 0.15) is 43.8 Å². The lowest BCUT2D eigenvalue weighted by Gasteiger charge is -2.21. The van der Waals surface area contributed by atoms with E-state index in [1.807, 2.05) is 16.9 Å². The molecule has 1 aromatic rings. The van der Waals surface area contributed by atoms with E-state index in [0.717, 1.165) is 18.7 Å². The second-order valence-electron chi connectivity index (χ2n) is 5.00. The Hall–Kier alpha value is -1.17. The molecule has 1 aliphatic carbocycles. The van der Waals surface area contributed by atoms with Crippen LogP contribution in [0.4, 0.5) is 0 Å². The van der Waals surface area contributed by atoms with Gasteiger partial charge in [0.2, 0.25) is 0 Å². The molecule has 2 rings (SSSR count). The average molecular weight is 264 g/mol. The summed E-state index contributed by atoms with van der Waals surface area (Å²) in [6.07, 6.45) is 10.2. The first kappa shape index (κ1) is 14.2. The van der Waals surface area contributed by atoms with Gasteiger partial charge in [-0.2, -0.15) is 5.10 Å². The van der Waals surface area contributed by atoms with Crippen molar-refractivity contribution in [2.24, 2.45) is 5.84 Å². The zero-order valence-corrected chi connectivity index (χ0v) is 11.6. The number of nitrogens with zero attached hydrogens (tertiary/aromatic N) is 2. The third kappa shape index (κ3) is 3.89. The molecule has 0 spiro atoms. The van der Waals surface area contributed by atoms with Gasteiger partial charge in [-0.05, 0) is 38.2 Å². The first-order valence-electron chi connectivity index (χ1n) is 7.00. The van der Waals surface area contributed by atoms with Crippen LogP contribution in [-0.4, -0.2) is 23.5 Å². The van der Waals surface area contributed by atoms with Gasteiger partial charge in [0.1, 0.15) is 0 Å². The summed E-state index contributed by atoms with van der Waals surface area (Å²) in [6.45, 7) is 1.42. The van der Waals surface area contributed by atoms with E-state index in [1.54, 1.807) is 7.11 Å². The summed E-state index contributed by atoms with van der Waals surface area (Å²) < 4.78 is 7.08. The zero-order chi connectivity index (χ0) is 13.5. The molecule has 5 nitrogen and oxygen atoms in total. The molecule has 0 fully saturated rings. The van der Waals surface area contributed by atoms with Crippen LogP contribution in [0.25, 0.3) is 0 Å². The van der Waals surface area contributed by atoms with Crippen LogP contribution >= 0.6 is 0 Å². The summed E-state index contributed by atoms with van der Waals surface area (Å²) in [5.41, 5.74) is 5.56. The van der Waals surface area contributed by atoms with Crippen molar-refractivity contribution in [3.8, 4) is 0 Å². The standard InChI is InChI=1S/C14H24N4O/c1-19-10-9-18-14(7-8-16-18)13(17-15)11-12-5-3-2-4-6-12/h5,7-8,13,17H,2-4,6,9-11,15H2,1H3. The summed E-state index contributed by atoms with van der Waals surface area (Å²) >= 11 is 0. The van der Waals surface area contributed by atoms with Crippen molar-refractivity contribution in [1.29, 1.82) is 0 Å². The lowest BCUT2D eigenvalue weighted by Crippen LogP contribution is -2.30. The van der Waals surface area contributed by atoms with Gasteiger partial charge in [-0.25, -0.2) is 0 Å². The Kier molecular flexibility index (Phi) is 5.57. The molecule has 3 N–H and O–H groups in total. The molecule has 1 unspecified atom stereocenters. The van der Waals surface area contributed by atoms with Gasteiger partial charge in [0.25, 0.3) is 0 Å². The third-order valence-corrected chi connectivity index (χ3v) is 3.67. The molecule has 0 radical (unpaired) electrons. The Morgan fingerprint density at radius 3 is 3.11 bits per heavy atom. The maximum absolute atomic E-state index is 5.73. The molecule has 1 atom stereocenters. The number of allylic oxidation sites excluding steroid dienone is 1. The van der Waals surface area contributed by atoms with Gasteiger partial charge in [-0.3, -0.25) is 16.0 Å². The normalized spacial score (nSPS) is 17.3. The largest absolute Gasteiger partial charge is 0.383 e. The highest BCUT2D eigenvalue weighted by Gasteiger charge is 2.17. The average Bonchev–Trinajstić information content (AvgIpc) is 2.92. The number of hydrogen-bond donors (Lipinski definition) is 2. The van der Waals surface area contributed by atoms with Crippen LogP contribution in [0.3, 0.4) is 0 Å². The molecule has 106 valence electrons. The van der Waals surface area contributed by atoms with E-state index in [9.17, 15) is 0 Å². The molecular formula is C14H24N4O. The number of methoxy groups -OCH3 is 1. The first-order valence-corrected chi connectivity index (χ1v) is 7.00. The van der Waals surface area contributed by atoms with Crippen molar-refractivity contribution in [3.05, 3.63) is 29.6 Å². The molecule has 0 saturated heterocycles. The van der Waals surface area contributed by atoms with Gasteiger partial charge in [0.05, 0.1) is 24.9 Å². The van der Waals surface area contributed by atoms with Gasteiger partial charge in [-0.1, -0.05) is 11.6 Å². The monoisotopic (exact) mass is 264 g/mol. The number of ether oxygens (including phenoxy) is 1. The minimum atomic E-state index is 0.128. The van der Waals surface area contributed by atoms with Gasteiger partial charge in [0, 0.05) is 13.3 Å². The quantitative estimate of drug-likeness (QED) is 0.448. The fourth-order valence-electron chi connectivity index (χ4n) is 2.60. The molecule has 0 aliphatic heterocycles. The van der Waals surface area contributed by atoms with Gasteiger partial charge in [0.15, 0.2) is 0 Å². The first-order chi connectivity index (χ1) is 9.35. The maximum atomic E-state index is 5.73. The number of rotatable bonds is 7. The highest BCUT2D eigenvalue weighted by molar-refractivity contribution is 5.14. The molecule has 0 bridgehead atoms. The smallest absolute Gasteiger partial charge is 0.0666 e. The van der Waals surface area contributed by atoms with Crippen molar-refractivity contribution < 1.29 is 4.74 Å². The van der Waals surface area contributed by atoms with Crippen LogP contribution in [0, 0.1) is 0 Å². The predicted octanol–water partition coefficient (Wildman–Crippen LogP) is 1.92. The summed E-state index contributed by atoms with van der Waals surface area (Å²) in [5, 5.41) is 4.34. The Labute approximate surface area is 114 Å². The highest BCUT2D eigenvalue weighted by Crippen LogP contribution is 2.27. The number of hydrazine groups is 1. The Morgan fingerprint density at radius 2 is 2.42 bits per heavy atom. The van der Waals surface area contributed by atoms with Crippen LogP contribution in [0.2, 0.25) is 0 Å². The fourth-order valence-corrected chi connectivity index (χ4v) is 2.60. The Morgan fingerprint density at radius 1 is 1.53 bits per heavy atom. The minimum absolute atomic E-state index is 0.128. The second-order valence-corrected chi connectivity index (χ2v) is 5.00. The lowest BCUT2D eigenvalue weighted by atomic mass is 9.93. The zero-order valence-electron chi connectivity index (χ0n) is 11.6. The lowest BCUT2D eigenvalue weighted by molar-refractivity contribution is 0.181. The maximum Gasteiger partial charge on any atom is 0.0666 e. The van der Waals surface area contributed by atoms with Crippen LogP contribution in [-0.2, 0) is 11.3 Å². The Balaban J connectivity index is 2.04. The predicted molar refractivity (Wildman–Crippen MR) is 75.3 cm³/mol. The number of aromatic nitrogens is 2. The van der Waals surface area contributed by atoms with Crippen molar-refractivity contribution in [2.75, 3.05) is 13.7 Å². The van der Waals surface area contributed by atoms with E-state index in [0.29, 0.717) is 6.61 Å². The summed E-state index contributed by atoms with van der Waals surface area (Å²) in [6, 6.07) is 2.16. The van der Waals surface area contributed by atoms with Gasteiger partial charge >= 0.3 is 0 Å². The molecule has 19 heavy (non-hydrogen) atoms. The van der Waals surface area contributed by atoms with E-state index < -0.39 is 0 Å². The van der Waals surface area contributed by atoms with Crippen molar-refractivity contribution >= 4 is 0 Å².